The smallest absolute Gasteiger partial charge is 0.308 e. The first kappa shape index (κ1) is 20.4. The Balaban J connectivity index is 1.55. The Labute approximate surface area is 187 Å². The van der Waals surface area contributed by atoms with Crippen LogP contribution in [0.3, 0.4) is 0 Å². The van der Waals surface area contributed by atoms with Gasteiger partial charge in [0.05, 0.1) is 6.61 Å². The molecule has 0 spiro atoms. The van der Waals surface area contributed by atoms with Crippen molar-refractivity contribution >= 4 is 28.7 Å². The molecule has 0 unspecified atom stereocenters. The molecule has 0 saturated carbocycles. The van der Waals surface area contributed by atoms with Crippen molar-refractivity contribution in [3.63, 3.8) is 0 Å². The van der Waals surface area contributed by atoms with E-state index in [4.69, 9.17) is 9.84 Å². The van der Waals surface area contributed by atoms with Crippen LogP contribution in [0.25, 0.3) is 17.2 Å². The standard InChI is InChI=1S/C21H20N6O4S/c1-12(2)26-18(22-11-23-26)15-10-14-5-7-31-17-4-3-13(9-16(17)27(14)24-15)19(28)25-6-8-32-21(30)20(25)29/h3-4,9-12H,5-8H2,1-2H3. The Kier molecular flexibility index (Phi) is 5.04. The summed E-state index contributed by atoms with van der Waals surface area (Å²) in [6, 6.07) is 7.01. The quantitative estimate of drug-likeness (QED) is 0.437. The fourth-order valence-corrected chi connectivity index (χ4v) is 4.48. The number of benzene rings is 1. The lowest BCUT2D eigenvalue weighted by Gasteiger charge is -2.23. The normalized spacial score (nSPS) is 15.9. The van der Waals surface area contributed by atoms with Gasteiger partial charge in [0.25, 0.3) is 11.0 Å². The van der Waals surface area contributed by atoms with Gasteiger partial charge in [-0.1, -0.05) is 11.8 Å². The summed E-state index contributed by atoms with van der Waals surface area (Å²) in [4.78, 5) is 42.3. The summed E-state index contributed by atoms with van der Waals surface area (Å²) in [5, 5.41) is 8.41. The molecule has 1 aromatic carbocycles. The molecule has 1 fully saturated rings. The molecule has 164 valence electrons. The van der Waals surface area contributed by atoms with Crippen molar-refractivity contribution in [2.45, 2.75) is 26.3 Å². The van der Waals surface area contributed by atoms with Gasteiger partial charge in [-0.3, -0.25) is 19.3 Å². The molecule has 10 nitrogen and oxygen atoms in total. The summed E-state index contributed by atoms with van der Waals surface area (Å²) < 4.78 is 9.40. The summed E-state index contributed by atoms with van der Waals surface area (Å²) >= 11 is 0.934. The van der Waals surface area contributed by atoms with Gasteiger partial charge in [-0.05, 0) is 38.1 Å². The Hall–Kier alpha value is -3.47. The van der Waals surface area contributed by atoms with E-state index in [2.05, 4.69) is 10.1 Å². The number of fused-ring (bicyclic) bond motifs is 3. The van der Waals surface area contributed by atoms with E-state index in [1.807, 2.05) is 19.9 Å². The number of hydrogen-bond acceptors (Lipinski definition) is 8. The van der Waals surface area contributed by atoms with Gasteiger partial charge in [0, 0.05) is 36.0 Å². The van der Waals surface area contributed by atoms with Crippen molar-refractivity contribution in [2.24, 2.45) is 0 Å². The number of amides is 2. The van der Waals surface area contributed by atoms with Crippen molar-refractivity contribution in [3.05, 3.63) is 41.9 Å². The van der Waals surface area contributed by atoms with Gasteiger partial charge in [-0.2, -0.15) is 10.2 Å². The van der Waals surface area contributed by atoms with Crippen LogP contribution in [0.1, 0.15) is 35.9 Å². The molecule has 2 amide bonds. The van der Waals surface area contributed by atoms with Gasteiger partial charge in [0.1, 0.15) is 23.5 Å². The average molecular weight is 452 g/mol. The molecule has 0 aliphatic carbocycles. The number of ether oxygens (including phenoxy) is 1. The van der Waals surface area contributed by atoms with E-state index >= 15 is 0 Å². The van der Waals surface area contributed by atoms with E-state index < -0.39 is 16.9 Å². The van der Waals surface area contributed by atoms with E-state index in [0.29, 0.717) is 41.7 Å². The number of hydrogen-bond donors (Lipinski definition) is 0. The number of aromatic nitrogens is 5. The van der Waals surface area contributed by atoms with Crippen LogP contribution in [-0.2, 0) is 16.0 Å². The molecular weight excluding hydrogens is 432 g/mol. The molecule has 0 bridgehead atoms. The molecule has 3 aromatic rings. The molecule has 0 atom stereocenters. The highest BCUT2D eigenvalue weighted by atomic mass is 32.2. The van der Waals surface area contributed by atoms with Crippen molar-refractivity contribution < 1.29 is 19.1 Å². The van der Waals surface area contributed by atoms with E-state index in [9.17, 15) is 14.4 Å². The van der Waals surface area contributed by atoms with Crippen LogP contribution in [0.5, 0.6) is 5.75 Å². The third-order valence-corrected chi connectivity index (χ3v) is 6.16. The van der Waals surface area contributed by atoms with Crippen LogP contribution >= 0.6 is 11.8 Å². The monoisotopic (exact) mass is 452 g/mol. The van der Waals surface area contributed by atoms with Crippen molar-refractivity contribution in [2.75, 3.05) is 18.9 Å². The molecule has 5 rings (SSSR count). The highest BCUT2D eigenvalue weighted by molar-refractivity contribution is 8.15. The van der Waals surface area contributed by atoms with Crippen LogP contribution in [-0.4, -0.2) is 65.3 Å². The Morgan fingerprint density at radius 2 is 2.06 bits per heavy atom. The first-order valence-electron chi connectivity index (χ1n) is 10.2. The van der Waals surface area contributed by atoms with E-state index in [-0.39, 0.29) is 18.2 Å². The first-order valence-corrected chi connectivity index (χ1v) is 11.2. The number of thioether (sulfide) groups is 1. The third-order valence-electron chi connectivity index (χ3n) is 5.34. The van der Waals surface area contributed by atoms with E-state index in [1.165, 1.54) is 6.33 Å². The van der Waals surface area contributed by atoms with E-state index in [1.54, 1.807) is 27.6 Å². The molecule has 32 heavy (non-hydrogen) atoms. The predicted octanol–water partition coefficient (Wildman–Crippen LogP) is 1.89. The molecule has 0 radical (unpaired) electrons. The van der Waals surface area contributed by atoms with Crippen LogP contribution in [0.4, 0.5) is 0 Å². The second kappa shape index (κ2) is 7.90. The van der Waals surface area contributed by atoms with Gasteiger partial charge in [0.15, 0.2) is 5.82 Å². The average Bonchev–Trinajstić information content (AvgIpc) is 3.39. The van der Waals surface area contributed by atoms with Crippen LogP contribution in [0, 0.1) is 0 Å². The van der Waals surface area contributed by atoms with Crippen molar-refractivity contribution in [1.82, 2.24) is 29.4 Å². The van der Waals surface area contributed by atoms with Gasteiger partial charge in [-0.15, -0.1) is 0 Å². The number of imide groups is 1. The lowest BCUT2D eigenvalue weighted by Crippen LogP contribution is -2.45. The van der Waals surface area contributed by atoms with Gasteiger partial charge in [-0.25, -0.2) is 14.3 Å². The summed E-state index contributed by atoms with van der Waals surface area (Å²) in [6.07, 6.45) is 2.13. The number of rotatable bonds is 3. The fraction of sp³-hybridized carbons (Fsp3) is 0.333. The zero-order valence-electron chi connectivity index (χ0n) is 17.5. The van der Waals surface area contributed by atoms with E-state index in [0.717, 1.165) is 22.4 Å². The highest BCUT2D eigenvalue weighted by Crippen LogP contribution is 2.31. The summed E-state index contributed by atoms with van der Waals surface area (Å²) in [6.45, 7) is 4.69. The summed E-state index contributed by atoms with van der Waals surface area (Å²) in [5.74, 6) is 0.340. The zero-order chi connectivity index (χ0) is 22.4. The molecule has 2 aliphatic rings. The molecule has 1 saturated heterocycles. The molecule has 11 heteroatoms. The molecular formula is C21H20N6O4S. The van der Waals surface area contributed by atoms with Gasteiger partial charge >= 0.3 is 5.91 Å². The lowest BCUT2D eigenvalue weighted by atomic mass is 10.1. The molecule has 4 heterocycles. The minimum absolute atomic E-state index is 0.122. The lowest BCUT2D eigenvalue weighted by molar-refractivity contribution is -0.138. The molecule has 2 aromatic heterocycles. The number of nitrogens with zero attached hydrogens (tertiary/aromatic N) is 6. The maximum atomic E-state index is 13.0. The highest BCUT2D eigenvalue weighted by Gasteiger charge is 2.33. The van der Waals surface area contributed by atoms with Crippen LogP contribution in [0.2, 0.25) is 0 Å². The predicted molar refractivity (Wildman–Crippen MR) is 116 cm³/mol. The van der Waals surface area contributed by atoms with Crippen molar-refractivity contribution in [1.29, 1.82) is 0 Å². The Bertz CT molecular complexity index is 1250. The molecule has 2 aliphatic heterocycles. The first-order chi connectivity index (χ1) is 15.4. The second-order valence-corrected chi connectivity index (χ2v) is 8.80. The number of carbonyl (C=O) groups excluding carboxylic acids is 3. The third kappa shape index (κ3) is 3.38. The maximum absolute atomic E-state index is 13.0. The van der Waals surface area contributed by atoms with Gasteiger partial charge in [0.2, 0.25) is 0 Å². The Morgan fingerprint density at radius 3 is 2.88 bits per heavy atom. The van der Waals surface area contributed by atoms with Crippen LogP contribution < -0.4 is 4.74 Å². The fourth-order valence-electron chi connectivity index (χ4n) is 3.78. The summed E-state index contributed by atoms with van der Waals surface area (Å²) in [5.41, 5.74) is 2.46. The minimum Gasteiger partial charge on any atom is -0.491 e. The molecule has 0 N–H and O–H groups in total. The largest absolute Gasteiger partial charge is 0.491 e. The van der Waals surface area contributed by atoms with Gasteiger partial charge < -0.3 is 4.74 Å². The SMILES string of the molecule is CC(C)n1ncnc1-c1cc2n(n1)-c1cc(C(=O)N3CCSC(=O)C3=O)ccc1OCC2. The summed E-state index contributed by atoms with van der Waals surface area (Å²) in [7, 11) is 0. The Morgan fingerprint density at radius 1 is 1.22 bits per heavy atom. The minimum atomic E-state index is -0.785. The maximum Gasteiger partial charge on any atom is 0.308 e. The van der Waals surface area contributed by atoms with Crippen molar-refractivity contribution in [3.8, 4) is 23.0 Å². The topological polar surface area (TPSA) is 112 Å². The van der Waals surface area contributed by atoms with Crippen LogP contribution in [0.15, 0.2) is 30.6 Å². The zero-order valence-corrected chi connectivity index (χ0v) is 18.3. The number of carbonyl (C=O) groups is 3. The second-order valence-electron chi connectivity index (χ2n) is 7.73.